The van der Waals surface area contributed by atoms with E-state index in [4.69, 9.17) is 0 Å². The predicted octanol–water partition coefficient (Wildman–Crippen LogP) is 2.91. The summed E-state index contributed by atoms with van der Waals surface area (Å²) in [4.78, 5) is 13.9. The number of alkyl halides is 3. The number of benzene rings is 1. The van der Waals surface area contributed by atoms with Crippen molar-refractivity contribution in [3.8, 4) is 5.75 Å². The Balaban J connectivity index is 2.16. The lowest BCUT2D eigenvalue weighted by Gasteiger charge is -2.11. The molecule has 0 unspecified atom stereocenters. The third-order valence-corrected chi connectivity index (χ3v) is 2.61. The topological polar surface area (TPSA) is 38.7 Å². The summed E-state index contributed by atoms with van der Waals surface area (Å²) in [6, 6.07) is 5.39. The zero-order valence-corrected chi connectivity index (χ0v) is 8.62. The standard InChI is InChI=1S/C11H8F3NO2/c12-11(13,14)17-9-3-1-8(2-4-9)10(5-6-10)15-7-16/h1-4H,5-6H2. The number of nitrogens with zero attached hydrogens (tertiary/aromatic N) is 1. The summed E-state index contributed by atoms with van der Waals surface area (Å²) in [6.45, 7) is 0. The van der Waals surface area contributed by atoms with Crippen molar-refractivity contribution >= 4 is 6.08 Å². The third kappa shape index (κ3) is 2.65. The van der Waals surface area contributed by atoms with Crippen molar-refractivity contribution in [2.45, 2.75) is 24.7 Å². The zero-order valence-electron chi connectivity index (χ0n) is 8.62. The van der Waals surface area contributed by atoms with Gasteiger partial charge in [-0.25, -0.2) is 4.79 Å². The van der Waals surface area contributed by atoms with Gasteiger partial charge in [0.05, 0.1) is 5.54 Å². The van der Waals surface area contributed by atoms with Gasteiger partial charge < -0.3 is 4.74 Å². The van der Waals surface area contributed by atoms with Gasteiger partial charge in [0.2, 0.25) is 6.08 Å². The lowest BCUT2D eigenvalue weighted by atomic mass is 10.1. The van der Waals surface area contributed by atoms with Crippen LogP contribution in [0.5, 0.6) is 5.75 Å². The second kappa shape index (κ2) is 3.89. The SMILES string of the molecule is O=C=NC1(c2ccc(OC(F)(F)F)cc2)CC1. The van der Waals surface area contributed by atoms with Crippen LogP contribution in [0.3, 0.4) is 0 Å². The molecule has 0 heterocycles. The quantitative estimate of drug-likeness (QED) is 0.604. The molecule has 1 aliphatic carbocycles. The molecule has 0 spiro atoms. The minimum atomic E-state index is -4.69. The first-order valence-electron chi connectivity index (χ1n) is 4.91. The van der Waals surface area contributed by atoms with E-state index in [2.05, 4.69) is 9.73 Å². The van der Waals surface area contributed by atoms with E-state index in [0.29, 0.717) is 18.4 Å². The highest BCUT2D eigenvalue weighted by atomic mass is 19.4. The highest BCUT2D eigenvalue weighted by molar-refractivity contribution is 5.42. The summed E-state index contributed by atoms with van der Waals surface area (Å²) in [5.74, 6) is -0.285. The van der Waals surface area contributed by atoms with Gasteiger partial charge in [0.1, 0.15) is 5.75 Å². The van der Waals surface area contributed by atoms with Crippen LogP contribution >= 0.6 is 0 Å². The van der Waals surface area contributed by atoms with Crippen LogP contribution in [0.25, 0.3) is 0 Å². The fraction of sp³-hybridized carbons (Fsp3) is 0.364. The number of hydrogen-bond acceptors (Lipinski definition) is 3. The van der Waals surface area contributed by atoms with Crippen LogP contribution < -0.4 is 4.74 Å². The number of carbonyl (C=O) groups excluding carboxylic acids is 1. The van der Waals surface area contributed by atoms with Gasteiger partial charge in [-0.05, 0) is 30.5 Å². The minimum Gasteiger partial charge on any atom is -0.406 e. The Hall–Kier alpha value is -1.81. The molecule has 1 saturated carbocycles. The molecule has 1 fully saturated rings. The molecule has 0 amide bonds. The van der Waals surface area contributed by atoms with E-state index in [1.165, 1.54) is 30.3 Å². The molecule has 17 heavy (non-hydrogen) atoms. The van der Waals surface area contributed by atoms with Crippen molar-refractivity contribution in [3.63, 3.8) is 0 Å². The molecule has 6 heteroatoms. The van der Waals surface area contributed by atoms with Crippen molar-refractivity contribution < 1.29 is 22.7 Å². The summed E-state index contributed by atoms with van der Waals surface area (Å²) >= 11 is 0. The van der Waals surface area contributed by atoms with E-state index >= 15 is 0 Å². The van der Waals surface area contributed by atoms with Crippen molar-refractivity contribution in [1.82, 2.24) is 0 Å². The molecule has 0 aromatic heterocycles. The summed E-state index contributed by atoms with van der Waals surface area (Å²) in [5.41, 5.74) is 0.133. The average Bonchev–Trinajstić information content (AvgIpc) is 2.98. The van der Waals surface area contributed by atoms with Crippen LogP contribution in [0.1, 0.15) is 18.4 Å². The molecule has 1 aliphatic rings. The summed E-state index contributed by atoms with van der Waals surface area (Å²) in [5, 5.41) is 0. The van der Waals surface area contributed by atoms with Crippen molar-refractivity contribution in [1.29, 1.82) is 0 Å². The minimum absolute atomic E-state index is 0.285. The molecule has 0 atom stereocenters. The molecular weight excluding hydrogens is 235 g/mol. The molecule has 90 valence electrons. The van der Waals surface area contributed by atoms with Crippen LogP contribution in [0.2, 0.25) is 0 Å². The van der Waals surface area contributed by atoms with Gasteiger partial charge in [-0.15, -0.1) is 13.2 Å². The highest BCUT2D eigenvalue weighted by Gasteiger charge is 2.44. The number of hydrogen-bond donors (Lipinski definition) is 0. The van der Waals surface area contributed by atoms with Gasteiger partial charge in [0.25, 0.3) is 0 Å². The Morgan fingerprint density at radius 1 is 1.24 bits per heavy atom. The normalized spacial score (nSPS) is 17.1. The van der Waals surface area contributed by atoms with Crippen molar-refractivity contribution in [2.24, 2.45) is 4.99 Å². The fourth-order valence-electron chi connectivity index (χ4n) is 1.64. The zero-order chi connectivity index (χ0) is 12.5. The smallest absolute Gasteiger partial charge is 0.406 e. The van der Waals surface area contributed by atoms with E-state index < -0.39 is 11.9 Å². The maximum absolute atomic E-state index is 11.9. The highest BCUT2D eigenvalue weighted by Crippen LogP contribution is 2.49. The predicted molar refractivity (Wildman–Crippen MR) is 52.2 cm³/mol. The van der Waals surface area contributed by atoms with Gasteiger partial charge in [0.15, 0.2) is 0 Å². The summed E-state index contributed by atoms with van der Waals surface area (Å²) < 4.78 is 39.5. The summed E-state index contributed by atoms with van der Waals surface area (Å²) in [7, 11) is 0. The monoisotopic (exact) mass is 243 g/mol. The molecule has 0 bridgehead atoms. The van der Waals surface area contributed by atoms with Crippen molar-refractivity contribution in [2.75, 3.05) is 0 Å². The van der Waals surface area contributed by atoms with Crippen LogP contribution in [0.4, 0.5) is 13.2 Å². The summed E-state index contributed by atoms with van der Waals surface area (Å²) in [6.07, 6.45) is -1.79. The van der Waals surface area contributed by atoms with E-state index in [1.54, 1.807) is 0 Å². The lowest BCUT2D eigenvalue weighted by molar-refractivity contribution is -0.274. The second-order valence-electron chi connectivity index (χ2n) is 3.81. The number of isocyanates is 1. The molecule has 3 nitrogen and oxygen atoms in total. The Morgan fingerprint density at radius 2 is 1.82 bits per heavy atom. The van der Waals surface area contributed by atoms with Crippen LogP contribution in [0.15, 0.2) is 29.3 Å². The fourth-order valence-corrected chi connectivity index (χ4v) is 1.64. The maximum atomic E-state index is 11.9. The van der Waals surface area contributed by atoms with E-state index in [-0.39, 0.29) is 5.75 Å². The van der Waals surface area contributed by atoms with Crippen molar-refractivity contribution in [3.05, 3.63) is 29.8 Å². The first-order valence-corrected chi connectivity index (χ1v) is 4.91. The molecule has 1 aromatic rings. The maximum Gasteiger partial charge on any atom is 0.573 e. The molecule has 0 aliphatic heterocycles. The molecule has 2 rings (SSSR count). The molecule has 1 aromatic carbocycles. The van der Waals surface area contributed by atoms with Gasteiger partial charge >= 0.3 is 6.36 Å². The van der Waals surface area contributed by atoms with E-state index in [9.17, 15) is 18.0 Å². The van der Waals surface area contributed by atoms with Gasteiger partial charge in [0, 0.05) is 0 Å². The largest absolute Gasteiger partial charge is 0.573 e. The molecule has 0 N–H and O–H groups in total. The number of aliphatic imine (C=N–C) groups is 1. The average molecular weight is 243 g/mol. The van der Waals surface area contributed by atoms with E-state index in [1.807, 2.05) is 0 Å². The number of ether oxygens (including phenoxy) is 1. The lowest BCUT2D eigenvalue weighted by Crippen LogP contribution is -2.17. The third-order valence-electron chi connectivity index (χ3n) is 2.61. The number of rotatable bonds is 3. The molecule has 0 saturated heterocycles. The Morgan fingerprint density at radius 3 is 2.24 bits per heavy atom. The van der Waals surface area contributed by atoms with Crippen LogP contribution in [0, 0.1) is 0 Å². The molecular formula is C11H8F3NO2. The Kier molecular flexibility index (Phi) is 2.67. The number of halogens is 3. The molecule has 0 radical (unpaired) electrons. The first-order chi connectivity index (χ1) is 7.95. The second-order valence-corrected chi connectivity index (χ2v) is 3.81. The van der Waals surface area contributed by atoms with Crippen LogP contribution in [-0.4, -0.2) is 12.4 Å². The van der Waals surface area contributed by atoms with Gasteiger partial charge in [-0.3, -0.25) is 0 Å². The Labute approximate surface area is 94.9 Å². The van der Waals surface area contributed by atoms with E-state index in [0.717, 1.165) is 0 Å². The Bertz CT molecular complexity index is 457. The first kappa shape index (κ1) is 11.7. The van der Waals surface area contributed by atoms with Gasteiger partial charge in [-0.2, -0.15) is 4.99 Å². The van der Waals surface area contributed by atoms with Gasteiger partial charge in [-0.1, -0.05) is 12.1 Å². The van der Waals surface area contributed by atoms with Crippen LogP contribution in [-0.2, 0) is 10.3 Å².